The summed E-state index contributed by atoms with van der Waals surface area (Å²) in [5, 5.41) is 7.17. The van der Waals surface area contributed by atoms with Crippen LogP contribution in [-0.4, -0.2) is 35.6 Å². The van der Waals surface area contributed by atoms with Gasteiger partial charge in [-0.2, -0.15) is 5.10 Å². The van der Waals surface area contributed by atoms with Crippen molar-refractivity contribution in [3.05, 3.63) is 83.6 Å². The van der Waals surface area contributed by atoms with Gasteiger partial charge in [-0.15, -0.1) is 0 Å². The van der Waals surface area contributed by atoms with Crippen molar-refractivity contribution in [2.24, 2.45) is 0 Å². The second-order valence-electron chi connectivity index (χ2n) is 6.79. The number of amides is 1. The highest BCUT2D eigenvalue weighted by Crippen LogP contribution is 2.26. The van der Waals surface area contributed by atoms with Gasteiger partial charge in [-0.25, -0.2) is 18.4 Å². The summed E-state index contributed by atoms with van der Waals surface area (Å²) in [6.45, 7) is 1.76. The van der Waals surface area contributed by atoms with Gasteiger partial charge in [0.15, 0.2) is 5.82 Å². The average Bonchev–Trinajstić information content (AvgIpc) is 3.30. The molecule has 32 heavy (non-hydrogen) atoms. The Morgan fingerprint density at radius 2 is 1.94 bits per heavy atom. The van der Waals surface area contributed by atoms with Crippen molar-refractivity contribution in [1.29, 1.82) is 0 Å². The van der Waals surface area contributed by atoms with E-state index in [1.165, 1.54) is 24.7 Å². The number of carbonyl (C=O) groups excluding carboxylic acids is 1. The van der Waals surface area contributed by atoms with E-state index in [4.69, 9.17) is 11.6 Å². The monoisotopic (exact) mass is 455 g/mol. The highest BCUT2D eigenvalue weighted by molar-refractivity contribution is 6.30. The number of rotatable bonds is 6. The largest absolute Gasteiger partial charge is 0.344 e. The van der Waals surface area contributed by atoms with Gasteiger partial charge in [0.25, 0.3) is 12.3 Å². The van der Waals surface area contributed by atoms with Crippen molar-refractivity contribution in [1.82, 2.24) is 35.0 Å². The zero-order valence-electron chi connectivity index (χ0n) is 16.7. The fourth-order valence-corrected chi connectivity index (χ4v) is 3.16. The van der Waals surface area contributed by atoms with Crippen LogP contribution in [0.15, 0.2) is 61.4 Å². The summed E-state index contributed by atoms with van der Waals surface area (Å²) in [4.78, 5) is 29.1. The molecule has 0 saturated carbocycles. The molecule has 8 nitrogen and oxygen atoms in total. The lowest BCUT2D eigenvalue weighted by atomic mass is 10.0. The minimum absolute atomic E-state index is 0.223. The lowest BCUT2D eigenvalue weighted by Crippen LogP contribution is -2.27. The van der Waals surface area contributed by atoms with E-state index < -0.39 is 24.2 Å². The predicted octanol–water partition coefficient (Wildman–Crippen LogP) is 4.20. The van der Waals surface area contributed by atoms with Crippen molar-refractivity contribution in [3.63, 3.8) is 0 Å². The first-order valence-corrected chi connectivity index (χ1v) is 9.82. The average molecular weight is 456 g/mol. The summed E-state index contributed by atoms with van der Waals surface area (Å²) < 4.78 is 27.8. The van der Waals surface area contributed by atoms with Crippen LogP contribution in [0, 0.1) is 0 Å². The fourth-order valence-electron chi connectivity index (χ4n) is 3.05. The number of nitrogens with zero attached hydrogens (tertiary/aromatic N) is 6. The maximum atomic E-state index is 13.4. The third-order valence-corrected chi connectivity index (χ3v) is 4.81. The molecule has 3 aromatic heterocycles. The van der Waals surface area contributed by atoms with E-state index in [-0.39, 0.29) is 11.3 Å². The summed E-state index contributed by atoms with van der Waals surface area (Å²) in [5.74, 6) is -0.968. The van der Waals surface area contributed by atoms with Crippen LogP contribution in [0.3, 0.4) is 0 Å². The molecule has 3 heterocycles. The van der Waals surface area contributed by atoms with Crippen molar-refractivity contribution in [2.75, 3.05) is 0 Å². The molecule has 0 radical (unpaired) electrons. The van der Waals surface area contributed by atoms with Crippen LogP contribution in [0.5, 0.6) is 0 Å². The van der Waals surface area contributed by atoms with Crippen LogP contribution in [0.4, 0.5) is 8.78 Å². The summed E-state index contributed by atoms with van der Waals surface area (Å²) in [5.41, 5.74) is 2.07. The minimum Gasteiger partial charge on any atom is -0.344 e. The molecule has 0 saturated heterocycles. The Morgan fingerprint density at radius 3 is 2.62 bits per heavy atom. The van der Waals surface area contributed by atoms with Crippen molar-refractivity contribution in [2.45, 2.75) is 19.4 Å². The zero-order chi connectivity index (χ0) is 22.7. The van der Waals surface area contributed by atoms with E-state index in [1.807, 2.05) is 0 Å². The van der Waals surface area contributed by atoms with Gasteiger partial charge in [0.2, 0.25) is 0 Å². The first kappa shape index (κ1) is 21.4. The van der Waals surface area contributed by atoms with E-state index in [9.17, 15) is 13.6 Å². The van der Waals surface area contributed by atoms with Crippen molar-refractivity contribution < 1.29 is 13.6 Å². The molecule has 1 unspecified atom stereocenters. The van der Waals surface area contributed by atoms with Gasteiger partial charge in [0.05, 0.1) is 34.3 Å². The first-order chi connectivity index (χ1) is 15.4. The van der Waals surface area contributed by atoms with E-state index >= 15 is 0 Å². The SMILES string of the molecule is CC(NC(=O)c1cc(-c2ccc(Cl)cn2)cc(-n2ncnc2C(F)F)c1)c1cnccn1. The zero-order valence-corrected chi connectivity index (χ0v) is 17.4. The van der Waals surface area contributed by atoms with Crippen LogP contribution in [-0.2, 0) is 0 Å². The Labute approximate surface area is 186 Å². The Balaban J connectivity index is 1.75. The molecule has 0 spiro atoms. The van der Waals surface area contributed by atoms with Crippen molar-refractivity contribution in [3.8, 4) is 16.9 Å². The molecule has 1 amide bonds. The van der Waals surface area contributed by atoms with E-state index in [0.29, 0.717) is 22.0 Å². The quantitative estimate of drug-likeness (QED) is 0.468. The fraction of sp³-hybridized carbons (Fsp3) is 0.143. The Bertz CT molecular complexity index is 1230. The molecule has 0 fully saturated rings. The van der Waals surface area contributed by atoms with Crippen LogP contribution in [0.1, 0.15) is 41.3 Å². The normalized spacial score (nSPS) is 12.0. The lowest BCUT2D eigenvalue weighted by Gasteiger charge is -2.15. The lowest BCUT2D eigenvalue weighted by molar-refractivity contribution is 0.0939. The van der Waals surface area contributed by atoms with E-state index in [2.05, 4.69) is 30.4 Å². The molecular weight excluding hydrogens is 440 g/mol. The maximum Gasteiger partial charge on any atom is 0.297 e. The summed E-state index contributed by atoms with van der Waals surface area (Å²) >= 11 is 5.92. The van der Waals surface area contributed by atoms with Gasteiger partial charge in [0.1, 0.15) is 6.33 Å². The number of hydrogen-bond donors (Lipinski definition) is 1. The molecule has 1 atom stereocenters. The third kappa shape index (κ3) is 4.59. The Kier molecular flexibility index (Phi) is 6.13. The smallest absolute Gasteiger partial charge is 0.297 e. The van der Waals surface area contributed by atoms with Crippen LogP contribution < -0.4 is 5.32 Å². The Hall–Kier alpha value is -3.79. The molecule has 1 aromatic carbocycles. The molecule has 1 N–H and O–H groups in total. The van der Waals surface area contributed by atoms with Crippen LogP contribution >= 0.6 is 11.6 Å². The van der Waals surface area contributed by atoms with Crippen LogP contribution in [0.2, 0.25) is 5.02 Å². The number of halogens is 3. The van der Waals surface area contributed by atoms with E-state index in [0.717, 1.165) is 11.0 Å². The maximum absolute atomic E-state index is 13.4. The van der Waals surface area contributed by atoms with Gasteiger partial charge in [-0.1, -0.05) is 11.6 Å². The van der Waals surface area contributed by atoms with Gasteiger partial charge >= 0.3 is 0 Å². The van der Waals surface area contributed by atoms with E-state index in [1.54, 1.807) is 37.4 Å². The third-order valence-electron chi connectivity index (χ3n) is 4.59. The summed E-state index contributed by atoms with van der Waals surface area (Å²) in [6.07, 6.45) is 4.26. The molecule has 0 aliphatic carbocycles. The second-order valence-corrected chi connectivity index (χ2v) is 7.22. The number of alkyl halides is 2. The number of aromatic nitrogens is 6. The topological polar surface area (TPSA) is 98.5 Å². The van der Waals surface area contributed by atoms with Crippen molar-refractivity contribution >= 4 is 17.5 Å². The number of nitrogens with one attached hydrogen (secondary N) is 1. The standard InChI is InChI=1S/C21H16ClF2N7O/c1-12(18-10-25-4-5-26-18)30-21(32)14-6-13(17-3-2-15(22)9-27-17)7-16(8-14)31-20(19(23)24)28-11-29-31/h2-12,19H,1H3,(H,30,32). The molecule has 4 aromatic rings. The molecule has 4 rings (SSSR count). The van der Waals surface area contributed by atoms with Gasteiger partial charge < -0.3 is 5.32 Å². The molecule has 162 valence electrons. The highest BCUT2D eigenvalue weighted by Gasteiger charge is 2.20. The second kappa shape index (κ2) is 9.15. The van der Waals surface area contributed by atoms with Crippen LogP contribution in [0.25, 0.3) is 16.9 Å². The Morgan fingerprint density at radius 1 is 1.09 bits per heavy atom. The number of carbonyl (C=O) groups is 1. The van der Waals surface area contributed by atoms with Gasteiger partial charge in [-0.05, 0) is 37.3 Å². The summed E-state index contributed by atoms with van der Waals surface area (Å²) in [6, 6.07) is 7.54. The molecule has 0 bridgehead atoms. The predicted molar refractivity (Wildman–Crippen MR) is 112 cm³/mol. The molecule has 11 heteroatoms. The van der Waals surface area contributed by atoms with Gasteiger partial charge in [0, 0.05) is 29.7 Å². The molecule has 0 aliphatic rings. The number of pyridine rings is 1. The highest BCUT2D eigenvalue weighted by atomic mass is 35.5. The first-order valence-electron chi connectivity index (χ1n) is 9.44. The number of hydrogen-bond acceptors (Lipinski definition) is 6. The molecular formula is C21H16ClF2N7O. The molecule has 0 aliphatic heterocycles. The van der Waals surface area contributed by atoms with Gasteiger partial charge in [-0.3, -0.25) is 19.7 Å². The minimum atomic E-state index is -2.84. The summed E-state index contributed by atoms with van der Waals surface area (Å²) in [7, 11) is 0. The number of benzene rings is 1.